The Bertz CT molecular complexity index is 777. The van der Waals surface area contributed by atoms with Crippen LogP contribution in [-0.4, -0.2) is 10.9 Å². The van der Waals surface area contributed by atoms with E-state index in [0.717, 1.165) is 27.7 Å². The molecule has 0 saturated carbocycles. The van der Waals surface area contributed by atoms with Crippen LogP contribution in [0.3, 0.4) is 0 Å². The summed E-state index contributed by atoms with van der Waals surface area (Å²) in [6, 6.07) is 11.9. The second-order valence-corrected chi connectivity index (χ2v) is 5.27. The molecule has 0 fully saturated rings. The summed E-state index contributed by atoms with van der Waals surface area (Å²) >= 11 is 1.36. The number of aromatic nitrogens is 1. The molecule has 3 rings (SSSR count). The summed E-state index contributed by atoms with van der Waals surface area (Å²) in [7, 11) is 0. The van der Waals surface area contributed by atoms with E-state index in [4.69, 9.17) is 5.73 Å². The van der Waals surface area contributed by atoms with Gasteiger partial charge in [0.05, 0.1) is 10.4 Å². The van der Waals surface area contributed by atoms with Gasteiger partial charge in [-0.25, -0.2) is 0 Å². The van der Waals surface area contributed by atoms with Gasteiger partial charge in [-0.2, -0.15) is 0 Å². The lowest BCUT2D eigenvalue weighted by Crippen LogP contribution is -2.09. The monoisotopic (exact) mass is 268 g/mol. The Labute approximate surface area is 114 Å². The minimum absolute atomic E-state index is 0.394. The predicted molar refractivity (Wildman–Crippen MR) is 78.3 cm³/mol. The van der Waals surface area contributed by atoms with E-state index >= 15 is 0 Å². The average molecular weight is 268 g/mol. The molecule has 2 aromatic heterocycles. The smallest absolute Gasteiger partial charge is 0.259 e. The van der Waals surface area contributed by atoms with Gasteiger partial charge < -0.3 is 5.73 Å². The maximum Gasteiger partial charge on any atom is 0.259 e. The number of hydrogen-bond donors (Lipinski definition) is 1. The van der Waals surface area contributed by atoms with Gasteiger partial charge in [-0.05, 0) is 24.4 Å². The molecule has 0 saturated heterocycles. The number of fused-ring (bicyclic) bond motifs is 1. The molecular weight excluding hydrogens is 256 g/mol. The van der Waals surface area contributed by atoms with Crippen molar-refractivity contribution >= 4 is 28.1 Å². The minimum Gasteiger partial charge on any atom is -0.365 e. The molecule has 0 radical (unpaired) electrons. The second kappa shape index (κ2) is 4.48. The SMILES string of the molecule is Cc1ccc2cccc(-c3ccsc3C(N)=O)c2n1. The van der Waals surface area contributed by atoms with Gasteiger partial charge in [-0.15, -0.1) is 11.3 Å². The van der Waals surface area contributed by atoms with Crippen molar-refractivity contribution in [3.05, 3.63) is 52.3 Å². The van der Waals surface area contributed by atoms with Crippen LogP contribution in [-0.2, 0) is 0 Å². The Morgan fingerprint density at radius 3 is 2.79 bits per heavy atom. The molecule has 0 bridgehead atoms. The maximum atomic E-state index is 11.5. The summed E-state index contributed by atoms with van der Waals surface area (Å²) < 4.78 is 0. The Morgan fingerprint density at radius 2 is 2.00 bits per heavy atom. The third kappa shape index (κ3) is 2.00. The van der Waals surface area contributed by atoms with Gasteiger partial charge in [0, 0.05) is 22.2 Å². The van der Waals surface area contributed by atoms with Crippen LogP contribution in [0.4, 0.5) is 0 Å². The molecular formula is C15H12N2OS. The minimum atomic E-state index is -0.394. The summed E-state index contributed by atoms with van der Waals surface area (Å²) in [5, 5.41) is 2.94. The number of rotatable bonds is 2. The zero-order valence-electron chi connectivity index (χ0n) is 10.4. The third-order valence-corrected chi connectivity index (χ3v) is 3.97. The van der Waals surface area contributed by atoms with E-state index in [0.29, 0.717) is 4.88 Å². The first-order valence-electron chi connectivity index (χ1n) is 5.91. The molecule has 0 aliphatic rings. The number of carbonyl (C=O) groups is 1. The molecule has 0 aliphatic heterocycles. The normalized spacial score (nSPS) is 10.8. The van der Waals surface area contributed by atoms with E-state index in [2.05, 4.69) is 4.98 Å². The van der Waals surface area contributed by atoms with Crippen molar-refractivity contribution in [3.63, 3.8) is 0 Å². The number of thiophene rings is 1. The summed E-state index contributed by atoms with van der Waals surface area (Å²) in [5.74, 6) is -0.394. The fourth-order valence-corrected chi connectivity index (χ4v) is 2.94. The van der Waals surface area contributed by atoms with Crippen LogP contribution in [0.1, 0.15) is 15.4 Å². The van der Waals surface area contributed by atoms with E-state index in [-0.39, 0.29) is 0 Å². The molecule has 0 atom stereocenters. The van der Waals surface area contributed by atoms with Crippen LogP contribution in [0, 0.1) is 6.92 Å². The number of carbonyl (C=O) groups excluding carboxylic acids is 1. The first kappa shape index (κ1) is 11.9. The molecule has 0 spiro atoms. The third-order valence-electron chi connectivity index (χ3n) is 3.04. The molecule has 4 heteroatoms. The second-order valence-electron chi connectivity index (χ2n) is 4.36. The van der Waals surface area contributed by atoms with Crippen molar-refractivity contribution in [1.29, 1.82) is 0 Å². The highest BCUT2D eigenvalue weighted by atomic mass is 32.1. The van der Waals surface area contributed by atoms with E-state index in [1.807, 2.05) is 48.7 Å². The number of para-hydroxylation sites is 1. The predicted octanol–water partition coefficient (Wildman–Crippen LogP) is 3.37. The van der Waals surface area contributed by atoms with Crippen LogP contribution in [0.5, 0.6) is 0 Å². The van der Waals surface area contributed by atoms with Crippen molar-refractivity contribution in [3.8, 4) is 11.1 Å². The molecule has 0 aliphatic carbocycles. The van der Waals surface area contributed by atoms with Crippen molar-refractivity contribution in [2.24, 2.45) is 5.73 Å². The van der Waals surface area contributed by atoms with Gasteiger partial charge in [0.25, 0.3) is 5.91 Å². The number of pyridine rings is 1. The standard InChI is InChI=1S/C15H12N2OS/c1-9-5-6-10-3-2-4-11(13(10)17-9)12-7-8-19-14(12)15(16)18/h2-8H,1H3,(H2,16,18). The summed E-state index contributed by atoms with van der Waals surface area (Å²) in [5.41, 5.74) is 9.10. The van der Waals surface area contributed by atoms with Crippen molar-refractivity contribution in [2.75, 3.05) is 0 Å². The van der Waals surface area contributed by atoms with Gasteiger partial charge >= 0.3 is 0 Å². The summed E-state index contributed by atoms with van der Waals surface area (Å²) in [6.07, 6.45) is 0. The topological polar surface area (TPSA) is 56.0 Å². The fourth-order valence-electron chi connectivity index (χ4n) is 2.17. The zero-order chi connectivity index (χ0) is 13.4. The van der Waals surface area contributed by atoms with Crippen LogP contribution in [0.25, 0.3) is 22.0 Å². The van der Waals surface area contributed by atoms with E-state index in [1.54, 1.807) is 0 Å². The summed E-state index contributed by atoms with van der Waals surface area (Å²) in [4.78, 5) is 16.6. The van der Waals surface area contributed by atoms with Crippen molar-refractivity contribution in [1.82, 2.24) is 4.98 Å². The Morgan fingerprint density at radius 1 is 1.16 bits per heavy atom. The number of nitrogens with two attached hydrogens (primary N) is 1. The highest BCUT2D eigenvalue weighted by Crippen LogP contribution is 2.32. The van der Waals surface area contributed by atoms with Crippen LogP contribution >= 0.6 is 11.3 Å². The first-order chi connectivity index (χ1) is 9.16. The fraction of sp³-hybridized carbons (Fsp3) is 0.0667. The Balaban J connectivity index is 2.33. The lowest BCUT2D eigenvalue weighted by molar-refractivity contribution is 0.100. The van der Waals surface area contributed by atoms with Crippen LogP contribution in [0.15, 0.2) is 41.8 Å². The molecule has 19 heavy (non-hydrogen) atoms. The Hall–Kier alpha value is -2.20. The molecule has 3 aromatic rings. The van der Waals surface area contributed by atoms with Gasteiger partial charge in [0.1, 0.15) is 0 Å². The lowest BCUT2D eigenvalue weighted by atomic mass is 10.0. The number of amides is 1. The largest absolute Gasteiger partial charge is 0.365 e. The Kier molecular flexibility index (Phi) is 2.80. The number of aryl methyl sites for hydroxylation is 1. The zero-order valence-corrected chi connectivity index (χ0v) is 11.2. The highest BCUT2D eigenvalue weighted by molar-refractivity contribution is 7.12. The molecule has 1 aromatic carbocycles. The van der Waals surface area contributed by atoms with Gasteiger partial charge in [-0.3, -0.25) is 9.78 Å². The quantitative estimate of drug-likeness (QED) is 0.774. The lowest BCUT2D eigenvalue weighted by Gasteiger charge is -2.06. The number of primary amides is 1. The number of hydrogen-bond acceptors (Lipinski definition) is 3. The van der Waals surface area contributed by atoms with Gasteiger partial charge in [0.2, 0.25) is 0 Å². The average Bonchev–Trinajstić information content (AvgIpc) is 2.87. The molecule has 1 amide bonds. The highest BCUT2D eigenvalue weighted by Gasteiger charge is 2.14. The molecule has 0 unspecified atom stereocenters. The molecule has 94 valence electrons. The van der Waals surface area contributed by atoms with Gasteiger partial charge in [0.15, 0.2) is 0 Å². The van der Waals surface area contributed by atoms with Crippen molar-refractivity contribution in [2.45, 2.75) is 6.92 Å². The van der Waals surface area contributed by atoms with Crippen LogP contribution in [0.2, 0.25) is 0 Å². The van der Waals surface area contributed by atoms with E-state index in [9.17, 15) is 4.79 Å². The number of benzene rings is 1. The van der Waals surface area contributed by atoms with Gasteiger partial charge in [-0.1, -0.05) is 24.3 Å². The molecule has 3 nitrogen and oxygen atoms in total. The summed E-state index contributed by atoms with van der Waals surface area (Å²) in [6.45, 7) is 1.96. The maximum absolute atomic E-state index is 11.5. The molecule has 2 heterocycles. The first-order valence-corrected chi connectivity index (χ1v) is 6.79. The van der Waals surface area contributed by atoms with E-state index < -0.39 is 5.91 Å². The number of nitrogens with zero attached hydrogens (tertiary/aromatic N) is 1. The molecule has 2 N–H and O–H groups in total. The van der Waals surface area contributed by atoms with E-state index in [1.165, 1.54) is 11.3 Å². The van der Waals surface area contributed by atoms with Crippen molar-refractivity contribution < 1.29 is 4.79 Å². The van der Waals surface area contributed by atoms with Crippen LogP contribution < -0.4 is 5.73 Å².